The van der Waals surface area contributed by atoms with E-state index in [-0.39, 0.29) is 16.7 Å². The molecule has 0 saturated carbocycles. The maximum absolute atomic E-state index is 12.6. The van der Waals surface area contributed by atoms with Gasteiger partial charge in [0.2, 0.25) is 0 Å². The number of nitrogens with one attached hydrogen (secondary N) is 1. The molecule has 0 bridgehead atoms. The molecule has 164 valence electrons. The van der Waals surface area contributed by atoms with Gasteiger partial charge in [0.05, 0.1) is 5.02 Å². The number of rotatable bonds is 4. The van der Waals surface area contributed by atoms with E-state index in [2.05, 4.69) is 15.0 Å². The van der Waals surface area contributed by atoms with Gasteiger partial charge in [-0.25, -0.2) is 4.98 Å². The molecule has 0 unspecified atom stereocenters. The number of aromatic nitrogens is 1. The van der Waals surface area contributed by atoms with Gasteiger partial charge < -0.3 is 14.5 Å². The van der Waals surface area contributed by atoms with Crippen LogP contribution >= 0.6 is 11.6 Å². The van der Waals surface area contributed by atoms with Crippen LogP contribution in [-0.4, -0.2) is 17.3 Å². The summed E-state index contributed by atoms with van der Waals surface area (Å²) in [5, 5.41) is 2.97. The van der Waals surface area contributed by atoms with Crippen molar-refractivity contribution < 1.29 is 27.1 Å². The van der Waals surface area contributed by atoms with Gasteiger partial charge in [-0.2, -0.15) is 0 Å². The first-order valence-electron chi connectivity index (χ1n) is 9.27. The van der Waals surface area contributed by atoms with E-state index in [4.69, 9.17) is 16.0 Å². The van der Waals surface area contributed by atoms with Gasteiger partial charge in [0, 0.05) is 22.2 Å². The lowest BCUT2D eigenvalue weighted by atomic mass is 9.97. The summed E-state index contributed by atoms with van der Waals surface area (Å²) in [6, 6.07) is 8.40. The molecule has 5 nitrogen and oxygen atoms in total. The van der Waals surface area contributed by atoms with Crippen molar-refractivity contribution in [2.24, 2.45) is 0 Å². The summed E-state index contributed by atoms with van der Waals surface area (Å²) in [5.41, 5.74) is 1.95. The molecular weight excluding hydrogens is 433 g/mol. The van der Waals surface area contributed by atoms with Gasteiger partial charge in [-0.1, -0.05) is 38.4 Å². The minimum absolute atomic E-state index is 0.261. The number of hydrogen-bond acceptors (Lipinski definition) is 4. The van der Waals surface area contributed by atoms with E-state index in [9.17, 15) is 18.0 Å². The maximum atomic E-state index is 12.6. The lowest BCUT2D eigenvalue weighted by Gasteiger charge is -2.13. The second-order valence-electron chi connectivity index (χ2n) is 7.96. The van der Waals surface area contributed by atoms with Gasteiger partial charge in [0.15, 0.2) is 5.89 Å². The highest BCUT2D eigenvalue weighted by Crippen LogP contribution is 2.32. The Bertz CT molecular complexity index is 1120. The van der Waals surface area contributed by atoms with Crippen molar-refractivity contribution in [2.75, 3.05) is 5.32 Å². The Hall–Kier alpha value is -3.00. The molecule has 1 aromatic heterocycles. The van der Waals surface area contributed by atoms with E-state index >= 15 is 0 Å². The largest absolute Gasteiger partial charge is 0.573 e. The lowest BCUT2D eigenvalue weighted by Crippen LogP contribution is -2.17. The van der Waals surface area contributed by atoms with Crippen molar-refractivity contribution in [3.8, 4) is 17.0 Å². The molecule has 0 atom stereocenters. The fraction of sp³-hybridized carbons (Fsp3) is 0.273. The number of anilines is 1. The molecule has 1 amide bonds. The molecule has 3 rings (SSSR count). The highest BCUT2D eigenvalue weighted by atomic mass is 35.5. The topological polar surface area (TPSA) is 64.4 Å². The number of nitrogens with zero attached hydrogens (tertiary/aromatic N) is 1. The molecule has 0 aliphatic carbocycles. The predicted octanol–water partition coefficient (Wildman–Crippen LogP) is 6.75. The van der Waals surface area contributed by atoms with E-state index < -0.39 is 12.3 Å². The average Bonchev–Trinajstić information content (AvgIpc) is 3.12. The van der Waals surface area contributed by atoms with Crippen LogP contribution in [0.25, 0.3) is 11.3 Å². The number of ether oxygens (including phenoxy) is 1. The molecule has 0 saturated heterocycles. The number of carbonyl (C=O) groups excluding carboxylic acids is 1. The number of hydrogen-bond donors (Lipinski definition) is 1. The lowest BCUT2D eigenvalue weighted by molar-refractivity contribution is -0.274. The summed E-state index contributed by atoms with van der Waals surface area (Å²) in [7, 11) is 0. The summed E-state index contributed by atoms with van der Waals surface area (Å²) in [5.74, 6) is -0.261. The molecule has 1 N–H and O–H groups in total. The molecule has 1 heterocycles. The van der Waals surface area contributed by atoms with E-state index in [1.807, 2.05) is 20.8 Å². The molecule has 3 aromatic rings. The Morgan fingerprint density at radius 1 is 1.13 bits per heavy atom. The van der Waals surface area contributed by atoms with Crippen LogP contribution in [0.3, 0.4) is 0 Å². The Balaban J connectivity index is 1.77. The van der Waals surface area contributed by atoms with Crippen LogP contribution < -0.4 is 10.1 Å². The third kappa shape index (κ3) is 5.58. The van der Waals surface area contributed by atoms with Gasteiger partial charge in [-0.15, -0.1) is 13.2 Å². The Morgan fingerprint density at radius 2 is 1.84 bits per heavy atom. The number of aryl methyl sites for hydroxylation is 1. The van der Waals surface area contributed by atoms with Crippen LogP contribution in [0.5, 0.6) is 5.75 Å². The van der Waals surface area contributed by atoms with Gasteiger partial charge in [-0.3, -0.25) is 4.79 Å². The van der Waals surface area contributed by atoms with Crippen molar-refractivity contribution in [2.45, 2.75) is 39.5 Å². The fourth-order valence-corrected chi connectivity index (χ4v) is 3.05. The molecule has 31 heavy (non-hydrogen) atoms. The second-order valence-corrected chi connectivity index (χ2v) is 8.37. The second kappa shape index (κ2) is 8.26. The first kappa shape index (κ1) is 22.7. The number of halogens is 4. The average molecular weight is 453 g/mol. The number of oxazole rings is 1. The highest BCUT2D eigenvalue weighted by molar-refractivity contribution is 6.33. The monoisotopic (exact) mass is 452 g/mol. The standard InChI is InChI=1S/C22H20ClF3N2O3/c1-12-9-14(31-22(24,25)26)6-8-17(12)27-19(29)13-5-7-15(16(23)10-13)18-11-30-20(28-18)21(2,3)4/h5-11H,1-4H3,(H,27,29). The summed E-state index contributed by atoms with van der Waals surface area (Å²) in [4.78, 5) is 17.1. The quantitative estimate of drug-likeness (QED) is 0.475. The third-order valence-electron chi connectivity index (χ3n) is 4.33. The third-order valence-corrected chi connectivity index (χ3v) is 4.65. The van der Waals surface area contributed by atoms with Gasteiger partial charge in [0.1, 0.15) is 17.7 Å². The van der Waals surface area contributed by atoms with E-state index in [1.54, 1.807) is 19.1 Å². The van der Waals surface area contributed by atoms with Crippen LogP contribution in [0.4, 0.5) is 18.9 Å². The molecule has 0 fully saturated rings. The first-order chi connectivity index (χ1) is 14.3. The Morgan fingerprint density at radius 3 is 2.39 bits per heavy atom. The number of alkyl halides is 3. The van der Waals surface area contributed by atoms with Crippen LogP contribution in [-0.2, 0) is 5.41 Å². The molecule has 0 radical (unpaired) electrons. The summed E-state index contributed by atoms with van der Waals surface area (Å²) in [6.45, 7) is 7.48. The molecule has 0 spiro atoms. The van der Waals surface area contributed by atoms with Crippen LogP contribution in [0.1, 0.15) is 42.6 Å². The van der Waals surface area contributed by atoms with Gasteiger partial charge in [0.25, 0.3) is 5.91 Å². The number of benzene rings is 2. The van der Waals surface area contributed by atoms with Crippen molar-refractivity contribution in [1.29, 1.82) is 0 Å². The molecule has 0 aliphatic heterocycles. The van der Waals surface area contributed by atoms with Crippen molar-refractivity contribution in [3.05, 3.63) is 64.7 Å². The zero-order chi connectivity index (χ0) is 23.0. The maximum Gasteiger partial charge on any atom is 0.573 e. The van der Waals surface area contributed by atoms with Crippen molar-refractivity contribution in [3.63, 3.8) is 0 Å². The van der Waals surface area contributed by atoms with Crippen molar-refractivity contribution >= 4 is 23.2 Å². The number of amides is 1. The summed E-state index contributed by atoms with van der Waals surface area (Å²) in [6.07, 6.45) is -3.28. The minimum Gasteiger partial charge on any atom is -0.448 e. The number of carbonyl (C=O) groups is 1. The van der Waals surface area contributed by atoms with Gasteiger partial charge >= 0.3 is 6.36 Å². The molecular formula is C22H20ClF3N2O3. The fourth-order valence-electron chi connectivity index (χ4n) is 2.77. The summed E-state index contributed by atoms with van der Waals surface area (Å²) >= 11 is 6.36. The molecule has 9 heteroatoms. The summed E-state index contributed by atoms with van der Waals surface area (Å²) < 4.78 is 46.4. The molecule has 0 aliphatic rings. The van der Waals surface area contributed by atoms with Crippen LogP contribution in [0.2, 0.25) is 5.02 Å². The van der Waals surface area contributed by atoms with E-state index in [0.29, 0.717) is 33.4 Å². The van der Waals surface area contributed by atoms with E-state index in [1.165, 1.54) is 24.5 Å². The zero-order valence-electron chi connectivity index (χ0n) is 17.2. The van der Waals surface area contributed by atoms with Gasteiger partial charge in [-0.05, 0) is 42.8 Å². The van der Waals surface area contributed by atoms with Crippen molar-refractivity contribution in [1.82, 2.24) is 4.98 Å². The smallest absolute Gasteiger partial charge is 0.448 e. The van der Waals surface area contributed by atoms with Crippen LogP contribution in [0.15, 0.2) is 47.1 Å². The van der Waals surface area contributed by atoms with E-state index in [0.717, 1.165) is 6.07 Å². The Kier molecular flexibility index (Phi) is 6.04. The first-order valence-corrected chi connectivity index (χ1v) is 9.65. The normalized spacial score (nSPS) is 12.0. The minimum atomic E-state index is -4.78. The van der Waals surface area contributed by atoms with Crippen LogP contribution in [0, 0.1) is 6.92 Å². The SMILES string of the molecule is Cc1cc(OC(F)(F)F)ccc1NC(=O)c1ccc(-c2coc(C(C)(C)C)n2)c(Cl)c1. The Labute approximate surface area is 182 Å². The predicted molar refractivity (Wildman–Crippen MR) is 111 cm³/mol. The zero-order valence-corrected chi connectivity index (χ0v) is 18.0. The highest BCUT2D eigenvalue weighted by Gasteiger charge is 2.31. The molecule has 2 aromatic carbocycles.